The van der Waals surface area contributed by atoms with Gasteiger partial charge in [0, 0.05) is 21.0 Å². The van der Waals surface area contributed by atoms with E-state index in [0.29, 0.717) is 35.5 Å². The van der Waals surface area contributed by atoms with Crippen molar-refractivity contribution in [3.63, 3.8) is 0 Å². The SMILES string of the molecule is O=C(Cn1c2c(sc1=O)[C@@H](c1cccc(Br)c1)[C@@H]1C(=O)N(c3ccccc3C(F)(F)F)C(=O)[C@@H]1S2)Nc1ccc(Cl)c(Cl)c1. The number of rotatable bonds is 5. The summed E-state index contributed by atoms with van der Waals surface area (Å²) < 4.78 is 43.7. The van der Waals surface area contributed by atoms with Gasteiger partial charge in [-0.2, -0.15) is 13.2 Å². The molecule has 15 heteroatoms. The van der Waals surface area contributed by atoms with Gasteiger partial charge >= 0.3 is 11.0 Å². The molecule has 226 valence electrons. The van der Waals surface area contributed by atoms with Crippen molar-refractivity contribution >= 4 is 91.3 Å². The molecule has 3 amide bonds. The number of carbonyl (C=O) groups excluding carboxylic acids is 3. The molecule has 3 heterocycles. The van der Waals surface area contributed by atoms with Gasteiger partial charge in [0.25, 0.3) is 0 Å². The van der Waals surface area contributed by atoms with Crippen LogP contribution in [0, 0.1) is 5.92 Å². The van der Waals surface area contributed by atoms with E-state index in [0.717, 1.165) is 35.2 Å². The zero-order valence-electron chi connectivity index (χ0n) is 21.9. The smallest absolute Gasteiger partial charge is 0.324 e. The second-order valence-corrected chi connectivity index (χ2v) is 13.8. The van der Waals surface area contributed by atoms with Crippen molar-refractivity contribution in [1.82, 2.24) is 4.57 Å². The van der Waals surface area contributed by atoms with Gasteiger partial charge in [-0.15, -0.1) is 0 Å². The number of hydrogen-bond donors (Lipinski definition) is 1. The number of carbonyl (C=O) groups is 3. The topological polar surface area (TPSA) is 88.5 Å². The summed E-state index contributed by atoms with van der Waals surface area (Å²) in [5, 5.41) is 2.30. The third-order valence-electron chi connectivity index (χ3n) is 7.21. The van der Waals surface area contributed by atoms with E-state index in [-0.39, 0.29) is 5.02 Å². The Morgan fingerprint density at radius 1 is 0.955 bits per heavy atom. The molecule has 4 aromatic rings. The number of anilines is 2. The Labute approximate surface area is 274 Å². The number of thiazole rings is 1. The number of thioether (sulfide) groups is 1. The van der Waals surface area contributed by atoms with E-state index in [9.17, 15) is 32.3 Å². The molecule has 2 aliphatic heterocycles. The summed E-state index contributed by atoms with van der Waals surface area (Å²) >= 11 is 17.1. The second-order valence-electron chi connectivity index (χ2n) is 9.92. The van der Waals surface area contributed by atoms with Crippen LogP contribution in [0.25, 0.3) is 0 Å². The van der Waals surface area contributed by atoms with Gasteiger partial charge in [0.2, 0.25) is 17.7 Å². The van der Waals surface area contributed by atoms with Gasteiger partial charge in [-0.1, -0.05) is 86.5 Å². The standard InChI is InChI=1S/C29H17BrCl2F3N3O4S2/c30-14-5-3-4-13(10-14)21-22-23(26(41)38(25(22)40)19-7-2-1-6-16(19)29(33,34)35)43-27-24(21)44-28(42)37(27)12-20(39)36-15-8-9-17(31)18(32)11-15/h1-11,21-23H,12H2,(H,36,39)/t21-,22-,23+/m0/s1. The van der Waals surface area contributed by atoms with Gasteiger partial charge in [-0.25, -0.2) is 4.90 Å². The van der Waals surface area contributed by atoms with E-state index in [1.165, 1.54) is 34.9 Å². The number of halogens is 6. The number of benzene rings is 3. The molecule has 0 spiro atoms. The summed E-state index contributed by atoms with van der Waals surface area (Å²) in [6.07, 6.45) is -4.82. The average molecular weight is 743 g/mol. The van der Waals surface area contributed by atoms with Crippen LogP contribution in [0.3, 0.4) is 0 Å². The normalized spacial score (nSPS) is 19.6. The maximum Gasteiger partial charge on any atom is 0.418 e. The average Bonchev–Trinajstić information content (AvgIpc) is 3.40. The summed E-state index contributed by atoms with van der Waals surface area (Å²) in [7, 11) is 0. The first kappa shape index (κ1) is 30.9. The maximum atomic E-state index is 14.0. The predicted octanol–water partition coefficient (Wildman–Crippen LogP) is 7.43. The lowest BCUT2D eigenvalue weighted by atomic mass is 9.83. The second kappa shape index (κ2) is 11.7. The van der Waals surface area contributed by atoms with Crippen LogP contribution in [0.2, 0.25) is 10.0 Å². The number of nitrogens with one attached hydrogen (secondary N) is 1. The number of fused-ring (bicyclic) bond motifs is 2. The van der Waals surface area contributed by atoms with Crippen molar-refractivity contribution in [3.05, 3.63) is 107 Å². The largest absolute Gasteiger partial charge is 0.418 e. The monoisotopic (exact) mass is 741 g/mol. The molecule has 44 heavy (non-hydrogen) atoms. The molecule has 3 aromatic carbocycles. The number of amides is 3. The number of aromatic nitrogens is 1. The van der Waals surface area contributed by atoms with E-state index in [4.69, 9.17) is 23.2 Å². The highest BCUT2D eigenvalue weighted by atomic mass is 79.9. The Balaban J connectivity index is 1.43. The molecular formula is C29H17BrCl2F3N3O4S2. The van der Waals surface area contributed by atoms with Gasteiger partial charge in [-0.05, 0) is 48.0 Å². The molecule has 0 saturated carbocycles. The first-order valence-electron chi connectivity index (χ1n) is 12.8. The lowest BCUT2D eigenvalue weighted by Crippen LogP contribution is -2.33. The van der Waals surface area contributed by atoms with E-state index in [2.05, 4.69) is 21.2 Å². The lowest BCUT2D eigenvalue weighted by molar-refractivity contribution is -0.137. The minimum absolute atomic E-state index is 0.217. The number of para-hydroxylation sites is 1. The fourth-order valence-electron chi connectivity index (χ4n) is 5.38. The minimum atomic E-state index is -4.82. The molecule has 0 aliphatic carbocycles. The first-order chi connectivity index (χ1) is 20.8. The minimum Gasteiger partial charge on any atom is -0.324 e. The summed E-state index contributed by atoms with van der Waals surface area (Å²) in [5.41, 5.74) is -0.747. The number of nitrogens with zero attached hydrogens (tertiary/aromatic N) is 2. The van der Waals surface area contributed by atoms with E-state index >= 15 is 0 Å². The van der Waals surface area contributed by atoms with E-state index in [1.54, 1.807) is 24.3 Å². The third kappa shape index (κ3) is 5.49. The van der Waals surface area contributed by atoms with Crippen LogP contribution in [0.4, 0.5) is 24.5 Å². The van der Waals surface area contributed by atoms with Crippen molar-refractivity contribution in [2.75, 3.05) is 10.2 Å². The molecule has 0 bridgehead atoms. The third-order valence-corrected chi connectivity index (χ3v) is 11.0. The zero-order chi connectivity index (χ0) is 31.5. The van der Waals surface area contributed by atoms with Crippen molar-refractivity contribution in [2.24, 2.45) is 5.92 Å². The van der Waals surface area contributed by atoms with Crippen LogP contribution in [0.1, 0.15) is 21.9 Å². The summed E-state index contributed by atoms with van der Waals surface area (Å²) in [6, 6.07) is 15.8. The van der Waals surface area contributed by atoms with Crippen molar-refractivity contribution in [3.8, 4) is 0 Å². The Kier molecular flexibility index (Phi) is 8.20. The molecule has 7 nitrogen and oxygen atoms in total. The van der Waals surface area contributed by atoms with Gasteiger partial charge < -0.3 is 5.32 Å². The summed E-state index contributed by atoms with van der Waals surface area (Å²) in [5.74, 6) is -4.15. The van der Waals surface area contributed by atoms with E-state index in [1.807, 2.05) is 0 Å². The van der Waals surface area contributed by atoms with Crippen molar-refractivity contribution < 1.29 is 27.6 Å². The summed E-state index contributed by atoms with van der Waals surface area (Å²) in [6.45, 7) is -0.427. The van der Waals surface area contributed by atoms with Crippen LogP contribution in [0.15, 0.2) is 81.0 Å². The zero-order valence-corrected chi connectivity index (χ0v) is 26.6. The molecule has 3 atom stereocenters. The van der Waals surface area contributed by atoms with E-state index < -0.39 is 63.7 Å². The highest BCUT2D eigenvalue weighted by Crippen LogP contribution is 2.54. The van der Waals surface area contributed by atoms with Gasteiger partial charge in [0.05, 0.1) is 32.2 Å². The molecule has 1 N–H and O–H groups in total. The van der Waals surface area contributed by atoms with Crippen LogP contribution in [-0.2, 0) is 27.1 Å². The van der Waals surface area contributed by atoms with Gasteiger partial charge in [0.15, 0.2) is 0 Å². The lowest BCUT2D eigenvalue weighted by Gasteiger charge is -2.30. The van der Waals surface area contributed by atoms with Gasteiger partial charge in [0.1, 0.15) is 11.8 Å². The fourth-order valence-corrected chi connectivity index (χ4v) is 8.87. The van der Waals surface area contributed by atoms with Crippen LogP contribution >= 0.6 is 62.2 Å². The van der Waals surface area contributed by atoms with Crippen molar-refractivity contribution in [2.45, 2.75) is 28.9 Å². The summed E-state index contributed by atoms with van der Waals surface area (Å²) in [4.78, 5) is 54.7. The molecule has 0 radical (unpaired) electrons. The molecule has 0 unspecified atom stereocenters. The Morgan fingerprint density at radius 2 is 1.70 bits per heavy atom. The van der Waals surface area contributed by atoms with Crippen molar-refractivity contribution in [1.29, 1.82) is 0 Å². The molecule has 1 saturated heterocycles. The fraction of sp³-hybridized carbons (Fsp3) is 0.172. The molecule has 1 fully saturated rings. The number of imide groups is 1. The number of hydrogen-bond acceptors (Lipinski definition) is 6. The number of alkyl halides is 3. The highest BCUT2D eigenvalue weighted by Gasteiger charge is 2.57. The van der Waals surface area contributed by atoms with Crippen LogP contribution < -0.4 is 15.1 Å². The Hall–Kier alpha value is -3.10. The maximum absolute atomic E-state index is 14.0. The first-order valence-corrected chi connectivity index (χ1v) is 16.0. The molecule has 1 aromatic heterocycles. The van der Waals surface area contributed by atoms with Crippen LogP contribution in [0.5, 0.6) is 0 Å². The molecule has 6 rings (SSSR count). The highest BCUT2D eigenvalue weighted by molar-refractivity contribution is 9.10. The molecular weight excluding hydrogens is 726 g/mol. The van der Waals surface area contributed by atoms with Crippen LogP contribution in [-0.4, -0.2) is 27.5 Å². The Morgan fingerprint density at radius 3 is 2.41 bits per heavy atom. The predicted molar refractivity (Wildman–Crippen MR) is 167 cm³/mol. The van der Waals surface area contributed by atoms with Gasteiger partial charge in [-0.3, -0.25) is 23.7 Å². The quantitative estimate of drug-likeness (QED) is 0.215. The Bertz CT molecular complexity index is 1920. The molecule has 2 aliphatic rings.